The van der Waals surface area contributed by atoms with E-state index in [-0.39, 0.29) is 11.8 Å². The summed E-state index contributed by atoms with van der Waals surface area (Å²) in [4.78, 5) is 30.5. The Hall–Kier alpha value is -2.50. The van der Waals surface area contributed by atoms with E-state index in [4.69, 9.17) is 0 Å². The lowest BCUT2D eigenvalue weighted by molar-refractivity contribution is -0.141. The number of amides is 2. The molecule has 2 unspecified atom stereocenters. The van der Waals surface area contributed by atoms with Crippen molar-refractivity contribution in [3.8, 4) is 0 Å². The number of hydrogen-bond donors (Lipinski definition) is 3. The summed E-state index contributed by atoms with van der Waals surface area (Å²) in [7, 11) is 0. The monoisotopic (exact) mass is 411 g/mol. The van der Waals surface area contributed by atoms with Gasteiger partial charge in [0.15, 0.2) is 0 Å². The van der Waals surface area contributed by atoms with E-state index in [0.29, 0.717) is 5.41 Å². The van der Waals surface area contributed by atoms with Crippen LogP contribution in [0.15, 0.2) is 30.5 Å². The molecule has 162 valence electrons. The van der Waals surface area contributed by atoms with Gasteiger partial charge in [-0.3, -0.25) is 4.79 Å². The molecule has 0 radical (unpaired) electrons. The van der Waals surface area contributed by atoms with Gasteiger partial charge in [-0.05, 0) is 49.7 Å². The van der Waals surface area contributed by atoms with Crippen LogP contribution in [0.25, 0.3) is 10.9 Å². The quantitative estimate of drug-likeness (QED) is 0.671. The smallest absolute Gasteiger partial charge is 0.405 e. The fourth-order valence-electron chi connectivity index (χ4n) is 5.65. The number of fused-ring (bicyclic) bond motifs is 1. The molecule has 4 rings (SSSR count). The molecule has 30 heavy (non-hydrogen) atoms. The molecule has 1 spiro atoms. The molecule has 2 heterocycles. The molecule has 1 aromatic heterocycles. The van der Waals surface area contributed by atoms with Crippen LogP contribution >= 0.6 is 0 Å². The average molecular weight is 412 g/mol. The van der Waals surface area contributed by atoms with Gasteiger partial charge in [0.05, 0.1) is 0 Å². The third-order valence-corrected chi connectivity index (χ3v) is 7.79. The number of nitrogens with zero attached hydrogens (tertiary/aromatic N) is 1. The lowest BCUT2D eigenvalue weighted by Gasteiger charge is -2.47. The summed E-state index contributed by atoms with van der Waals surface area (Å²) in [6.07, 6.45) is 9.25. The van der Waals surface area contributed by atoms with E-state index in [1.54, 1.807) is 6.92 Å². The highest BCUT2D eigenvalue weighted by Crippen LogP contribution is 2.45. The molecule has 1 aromatic carbocycles. The lowest BCUT2D eigenvalue weighted by Crippen LogP contribution is -2.61. The molecule has 6 heteroatoms. The number of benzene rings is 1. The highest BCUT2D eigenvalue weighted by Gasteiger charge is 2.46. The van der Waals surface area contributed by atoms with E-state index >= 15 is 0 Å². The number of carboxylic acid groups (broad SMARTS) is 1. The SMILES string of the molecule is CC(c1c[nH]c2ccccc12)C(C)(NC(=O)O)C(=O)N1CCC2(CCCCC2)CC1. The number of para-hydroxylation sites is 1. The molecule has 3 N–H and O–H groups in total. The Morgan fingerprint density at radius 3 is 2.47 bits per heavy atom. The molecule has 0 bridgehead atoms. The molecule has 2 amide bonds. The van der Waals surface area contributed by atoms with Crippen LogP contribution in [-0.2, 0) is 4.79 Å². The predicted molar refractivity (Wildman–Crippen MR) is 118 cm³/mol. The predicted octanol–water partition coefficient (Wildman–Crippen LogP) is 4.87. The number of carbonyl (C=O) groups is 2. The first-order valence-corrected chi connectivity index (χ1v) is 11.2. The van der Waals surface area contributed by atoms with Gasteiger partial charge in [-0.15, -0.1) is 0 Å². The van der Waals surface area contributed by atoms with E-state index in [2.05, 4.69) is 10.3 Å². The van der Waals surface area contributed by atoms with Crippen LogP contribution < -0.4 is 5.32 Å². The number of rotatable bonds is 4. The zero-order valence-corrected chi connectivity index (χ0v) is 18.0. The van der Waals surface area contributed by atoms with Crippen molar-refractivity contribution < 1.29 is 14.7 Å². The number of piperidine rings is 1. The summed E-state index contributed by atoms with van der Waals surface area (Å²) in [5, 5.41) is 13.2. The zero-order valence-electron chi connectivity index (χ0n) is 18.0. The fraction of sp³-hybridized carbons (Fsp3) is 0.583. The van der Waals surface area contributed by atoms with Gasteiger partial charge in [0.25, 0.3) is 0 Å². The second-order valence-corrected chi connectivity index (χ2v) is 9.50. The van der Waals surface area contributed by atoms with Gasteiger partial charge < -0.3 is 20.3 Å². The maximum absolute atomic E-state index is 13.7. The molecule has 1 saturated carbocycles. The van der Waals surface area contributed by atoms with E-state index < -0.39 is 11.6 Å². The van der Waals surface area contributed by atoms with Crippen LogP contribution in [0.5, 0.6) is 0 Å². The molecule has 2 fully saturated rings. The number of carbonyl (C=O) groups excluding carboxylic acids is 1. The van der Waals surface area contributed by atoms with Crippen molar-refractivity contribution in [1.82, 2.24) is 15.2 Å². The Labute approximate surface area is 178 Å². The molecular formula is C24H33N3O3. The molecule has 2 atom stereocenters. The number of nitrogens with one attached hydrogen (secondary N) is 2. The van der Waals surface area contributed by atoms with Crippen molar-refractivity contribution in [2.45, 2.75) is 70.3 Å². The first-order valence-electron chi connectivity index (χ1n) is 11.2. The van der Waals surface area contributed by atoms with Gasteiger partial charge in [-0.2, -0.15) is 0 Å². The summed E-state index contributed by atoms with van der Waals surface area (Å²) in [6.45, 7) is 5.11. The number of aromatic nitrogens is 1. The largest absolute Gasteiger partial charge is 0.465 e. The Morgan fingerprint density at radius 1 is 1.13 bits per heavy atom. The van der Waals surface area contributed by atoms with Crippen LogP contribution in [0, 0.1) is 5.41 Å². The van der Waals surface area contributed by atoms with Crippen LogP contribution in [-0.4, -0.2) is 45.6 Å². The second kappa shape index (κ2) is 7.97. The molecule has 6 nitrogen and oxygen atoms in total. The molecular weight excluding hydrogens is 378 g/mol. The number of likely N-dealkylation sites (tertiary alicyclic amines) is 1. The van der Waals surface area contributed by atoms with Crippen molar-refractivity contribution in [3.63, 3.8) is 0 Å². The lowest BCUT2D eigenvalue weighted by atomic mass is 9.68. The zero-order chi connectivity index (χ0) is 21.4. The van der Waals surface area contributed by atoms with Crippen LogP contribution in [0.2, 0.25) is 0 Å². The van der Waals surface area contributed by atoms with Gasteiger partial charge in [0.1, 0.15) is 5.54 Å². The maximum atomic E-state index is 13.7. The van der Waals surface area contributed by atoms with Gasteiger partial charge in [0, 0.05) is 36.1 Å². The van der Waals surface area contributed by atoms with Crippen LogP contribution in [0.1, 0.15) is 70.3 Å². The van der Waals surface area contributed by atoms with E-state index in [9.17, 15) is 14.7 Å². The minimum Gasteiger partial charge on any atom is -0.465 e. The third-order valence-electron chi connectivity index (χ3n) is 7.79. The minimum atomic E-state index is -1.23. The summed E-state index contributed by atoms with van der Waals surface area (Å²) in [5.74, 6) is -0.434. The van der Waals surface area contributed by atoms with E-state index in [0.717, 1.165) is 42.4 Å². The van der Waals surface area contributed by atoms with Crippen molar-refractivity contribution in [3.05, 3.63) is 36.0 Å². The third kappa shape index (κ3) is 3.68. The summed E-state index contributed by atoms with van der Waals surface area (Å²) < 4.78 is 0. The normalized spacial score (nSPS) is 21.9. The Kier molecular flexibility index (Phi) is 5.51. The molecule has 1 saturated heterocycles. The number of hydrogen-bond acceptors (Lipinski definition) is 2. The van der Waals surface area contributed by atoms with Crippen molar-refractivity contribution in [2.75, 3.05) is 13.1 Å². The Balaban J connectivity index is 1.58. The number of aromatic amines is 1. The first-order chi connectivity index (χ1) is 14.3. The van der Waals surface area contributed by atoms with Gasteiger partial charge in [-0.25, -0.2) is 4.79 Å². The molecule has 2 aliphatic rings. The number of H-pyrrole nitrogens is 1. The van der Waals surface area contributed by atoms with Crippen molar-refractivity contribution >= 4 is 22.9 Å². The van der Waals surface area contributed by atoms with E-state index in [1.807, 2.05) is 42.3 Å². The summed E-state index contributed by atoms with van der Waals surface area (Å²) in [6, 6.07) is 7.92. The first kappa shape index (κ1) is 20.8. The topological polar surface area (TPSA) is 85.4 Å². The summed E-state index contributed by atoms with van der Waals surface area (Å²) in [5.41, 5.74) is 1.11. The highest BCUT2D eigenvalue weighted by atomic mass is 16.4. The average Bonchev–Trinajstić information content (AvgIpc) is 3.17. The van der Waals surface area contributed by atoms with Gasteiger partial charge in [-0.1, -0.05) is 44.4 Å². The van der Waals surface area contributed by atoms with Crippen molar-refractivity contribution in [2.24, 2.45) is 5.41 Å². The van der Waals surface area contributed by atoms with Crippen molar-refractivity contribution in [1.29, 1.82) is 0 Å². The Bertz CT molecular complexity index is 921. The summed E-state index contributed by atoms with van der Waals surface area (Å²) >= 11 is 0. The van der Waals surface area contributed by atoms with Crippen LogP contribution in [0.3, 0.4) is 0 Å². The minimum absolute atomic E-state index is 0.117. The molecule has 1 aliphatic carbocycles. The Morgan fingerprint density at radius 2 is 1.80 bits per heavy atom. The fourth-order valence-corrected chi connectivity index (χ4v) is 5.65. The van der Waals surface area contributed by atoms with Crippen LogP contribution in [0.4, 0.5) is 4.79 Å². The van der Waals surface area contributed by atoms with E-state index in [1.165, 1.54) is 32.1 Å². The second-order valence-electron chi connectivity index (χ2n) is 9.50. The highest BCUT2D eigenvalue weighted by molar-refractivity contribution is 5.92. The standard InChI is InChI=1S/C24H33N3O3/c1-17(19-16-25-20-9-5-4-8-18(19)20)23(2,26-22(29)30)21(28)27-14-12-24(13-15-27)10-6-3-7-11-24/h4-5,8-9,16-17,25-26H,3,6-7,10-15H2,1-2H3,(H,29,30). The molecule has 2 aromatic rings. The molecule has 1 aliphatic heterocycles. The van der Waals surface area contributed by atoms with Gasteiger partial charge >= 0.3 is 6.09 Å². The maximum Gasteiger partial charge on any atom is 0.405 e. The van der Waals surface area contributed by atoms with Gasteiger partial charge in [0.2, 0.25) is 5.91 Å².